The van der Waals surface area contributed by atoms with Crippen LogP contribution >= 0.6 is 0 Å². The number of carbonyl (C=O) groups excluding carboxylic acids is 1. The molecule has 0 aromatic carbocycles. The number of likely N-dealkylation sites (tertiary alicyclic amines) is 2. The minimum absolute atomic E-state index is 0.000481. The predicted molar refractivity (Wildman–Crippen MR) is 424 cm³/mol. The maximum absolute atomic E-state index is 12.1. The second kappa shape index (κ2) is 27.4. The van der Waals surface area contributed by atoms with Crippen LogP contribution in [0, 0.1) is 46.8 Å². The Hall–Kier alpha value is -10.5. The predicted octanol–water partition coefficient (Wildman–Crippen LogP) is 6.02. The van der Waals surface area contributed by atoms with E-state index in [1.54, 1.807) is 56.5 Å². The standard InChI is InChI=1S/C23H29N7O.C20H24N8O.C19H20N6.C18H21N7O2S/c24-22-25-6-16(7-26-22)19-5-20(28-23(27-19)30-8-13-3-17(30)4-13)21-14-1-2-15(21)10-29(9-14)18-11-31-12-18;1-11(29)26-9-16-4-15(26)10-27(16)18-5-17(13-6-22-19(21)23-7-13)24-20(25-18)28-8-12-2-14(28)3-12;20-11-19(2-1-3-19)14-6-16(13-8-22-18(21)23-9-13)24-17(7-14)25-10-12-4-15(25)5-12;19-17-20-5-11(6-21-17)15-4-16(24-8-14-3-13(24)9-28(14,26)27)23-18(22-15)25-7-10-1-12(25)2-10/h5-7,13-15,17-18,21H,1-4,8-12H2,(H2,24,25,26);5-7,12,14-16H,2-4,8-10H2,1H3,(H2,21,22,23);6-9,12,15H,1-5,10H2,(H2,21,22,23);4-6,10,12-14H,1-3,7-9H2,(H2,19,20,21)/t;12?,14?,15-,16-;;10?,12?,13-,14-/m.0.0/s1. The van der Waals surface area contributed by atoms with Gasteiger partial charge >= 0.3 is 0 Å². The number of carbonyl (C=O) groups is 1. The Bertz CT molecular complexity index is 5140. The minimum atomic E-state index is -2.95. The summed E-state index contributed by atoms with van der Waals surface area (Å²) in [5.74, 6) is 11.6. The van der Waals surface area contributed by atoms with Crippen LogP contribution in [0.3, 0.4) is 0 Å². The van der Waals surface area contributed by atoms with Crippen LogP contribution in [0.15, 0.2) is 79.9 Å². The Balaban J connectivity index is 0.0000000951. The number of nitrogens with two attached hydrogens (primary N) is 4. The summed E-state index contributed by atoms with van der Waals surface area (Å²) in [6.07, 6.45) is 31.1. The van der Waals surface area contributed by atoms with Crippen molar-refractivity contribution in [3.63, 3.8) is 0 Å². The molecule has 20 fully saturated rings. The number of ether oxygens (including phenoxy) is 1. The van der Waals surface area contributed by atoms with E-state index in [2.05, 4.69) is 92.4 Å². The molecule has 28 rings (SSSR count). The van der Waals surface area contributed by atoms with Crippen LogP contribution in [0.1, 0.15) is 120 Å². The van der Waals surface area contributed by atoms with Gasteiger partial charge in [0.15, 0.2) is 9.84 Å². The topological polar surface area (TPSA) is 408 Å². The number of rotatable bonds is 13. The minimum Gasteiger partial charge on any atom is -0.378 e. The summed E-state index contributed by atoms with van der Waals surface area (Å²) >= 11 is 0. The van der Waals surface area contributed by atoms with Crippen LogP contribution in [0.25, 0.3) is 45.0 Å². The average Bonchev–Trinajstić information content (AvgIpc) is 1.58. The third kappa shape index (κ3) is 12.8. The second-order valence-electron chi connectivity index (χ2n) is 35.0. The van der Waals surface area contributed by atoms with Gasteiger partial charge in [0.25, 0.3) is 0 Å². The quantitative estimate of drug-likeness (QED) is 0.102. The van der Waals surface area contributed by atoms with Crippen LogP contribution < -0.4 is 52.3 Å². The molecule has 33 heteroatoms. The summed E-state index contributed by atoms with van der Waals surface area (Å²) in [4.78, 5) is 98.2. The summed E-state index contributed by atoms with van der Waals surface area (Å²) in [6.45, 7) is 12.1. The molecular formula is C80H94N28O4S. The van der Waals surface area contributed by atoms with Crippen molar-refractivity contribution < 1.29 is 17.9 Å². The van der Waals surface area contributed by atoms with E-state index in [-0.39, 0.29) is 52.3 Å². The largest absolute Gasteiger partial charge is 0.378 e. The number of fused-ring (bicyclic) bond motifs is 10. The fourth-order valence-electron chi connectivity index (χ4n) is 21.5. The number of hydrogen-bond acceptors (Lipinski definition) is 31. The number of hydrogen-bond donors (Lipinski definition) is 4. The van der Waals surface area contributed by atoms with Gasteiger partial charge < -0.3 is 62.0 Å². The van der Waals surface area contributed by atoms with E-state index in [1.807, 2.05) is 23.1 Å². The molecule has 6 atom stereocenters. The zero-order valence-corrected chi connectivity index (χ0v) is 64.2. The van der Waals surface area contributed by atoms with Crippen molar-refractivity contribution in [3.05, 3.63) is 91.2 Å². The first-order chi connectivity index (χ1) is 54.9. The first-order valence-corrected chi connectivity index (χ1v) is 42.4. The van der Waals surface area contributed by atoms with E-state index in [9.17, 15) is 18.5 Å². The Morgan fingerprint density at radius 2 is 0.876 bits per heavy atom. The lowest BCUT2D eigenvalue weighted by atomic mass is 9.65. The average molecular weight is 1540 g/mol. The van der Waals surface area contributed by atoms with Gasteiger partial charge in [-0.05, 0) is 156 Å². The summed E-state index contributed by atoms with van der Waals surface area (Å²) in [5, 5.41) is 9.50. The van der Waals surface area contributed by atoms with Gasteiger partial charge in [-0.2, -0.15) is 15.2 Å². The number of piperazine rings is 1. The molecular weight excluding hydrogens is 1450 g/mol. The lowest BCUT2D eigenvalue weighted by Crippen LogP contribution is -2.54. The van der Waals surface area contributed by atoms with Gasteiger partial charge in [-0.25, -0.2) is 73.2 Å². The van der Waals surface area contributed by atoms with Crippen molar-refractivity contribution >= 4 is 74.8 Å². The van der Waals surface area contributed by atoms with E-state index in [0.29, 0.717) is 72.9 Å². The molecule has 22 heterocycles. The maximum atomic E-state index is 12.1. The van der Waals surface area contributed by atoms with Gasteiger partial charge in [0.05, 0.1) is 82.3 Å². The molecule has 14 aliphatic heterocycles. The SMILES string of the molecule is CC(=O)N1C[C@@H]2C[C@H]1CN2c1cc(-c2cnc(N)nc2)nc(N2CC3CC2C3)n1.N#CC1(c2cc(-c3cnc(N)nc3)nc(N3CC4CC3C4)c2)CCC1.Nc1ncc(-c2cc(C3C4CCC3CN(C3COC3)C4)nc(N3CC4CC3C4)n2)cn1.Nc1ncc(-c2cc(N3C[C@@H]4C[C@H]3CS4(=O)=O)nc(N3CC4CC3C4)n2)cn1. The third-order valence-electron chi connectivity index (χ3n) is 28.2. The van der Waals surface area contributed by atoms with Gasteiger partial charge in [0.2, 0.25) is 47.5 Å². The molecule has 8 N–H and O–H groups in total. The fraction of sp³-hybridized carbons (Fsp3) is 0.562. The Labute approximate surface area is 655 Å². The molecule has 14 bridgehead atoms. The molecule has 1 amide bonds. The fourth-order valence-corrected chi connectivity index (χ4v) is 23.5. The van der Waals surface area contributed by atoms with E-state index < -0.39 is 9.84 Å². The Kier molecular flexibility index (Phi) is 17.1. The number of aromatic nitrogens is 15. The highest BCUT2D eigenvalue weighted by atomic mass is 32.2. The van der Waals surface area contributed by atoms with Crippen molar-refractivity contribution in [1.82, 2.24) is 84.6 Å². The highest BCUT2D eigenvalue weighted by molar-refractivity contribution is 7.92. The normalized spacial score (nSPS) is 30.7. The zero-order valence-electron chi connectivity index (χ0n) is 63.4. The summed E-state index contributed by atoms with van der Waals surface area (Å²) in [7, 11) is -2.95. The number of nitrogens with zero attached hydrogens (tertiary/aromatic N) is 24. The van der Waals surface area contributed by atoms with E-state index in [0.717, 1.165) is 188 Å². The number of pyridine rings is 1. The molecule has 8 aromatic rings. The summed E-state index contributed by atoms with van der Waals surface area (Å²) in [5.41, 5.74) is 31.3. The first-order valence-electron chi connectivity index (χ1n) is 40.7. The van der Waals surface area contributed by atoms with Crippen LogP contribution in [0.5, 0.6) is 0 Å². The van der Waals surface area contributed by atoms with Crippen LogP contribution in [0.4, 0.5) is 59.1 Å². The number of piperidine rings is 1. The lowest BCUT2D eigenvalue weighted by molar-refractivity contribution is -0.129. The smallest absolute Gasteiger partial charge is 0.228 e. The monoisotopic (exact) mass is 1540 g/mol. The van der Waals surface area contributed by atoms with Crippen molar-refractivity contribution in [2.45, 2.75) is 168 Å². The van der Waals surface area contributed by atoms with E-state index in [4.69, 9.17) is 62.6 Å². The molecule has 6 aliphatic carbocycles. The van der Waals surface area contributed by atoms with Gasteiger partial charge in [0, 0.05) is 186 Å². The summed E-state index contributed by atoms with van der Waals surface area (Å²) < 4.78 is 29.8. The molecule has 113 heavy (non-hydrogen) atoms. The van der Waals surface area contributed by atoms with Crippen molar-refractivity contribution in [3.8, 4) is 51.1 Å². The Morgan fingerprint density at radius 3 is 1.25 bits per heavy atom. The molecule has 2 unspecified atom stereocenters. The zero-order chi connectivity index (χ0) is 76.3. The van der Waals surface area contributed by atoms with Crippen molar-refractivity contribution in [2.24, 2.45) is 35.5 Å². The number of nitrogen functional groups attached to an aromatic ring is 4. The van der Waals surface area contributed by atoms with Gasteiger partial charge in [-0.3, -0.25) is 9.69 Å². The molecule has 0 radical (unpaired) electrons. The van der Waals surface area contributed by atoms with Crippen molar-refractivity contribution in [2.75, 3.05) is 130 Å². The van der Waals surface area contributed by atoms with Crippen molar-refractivity contribution in [1.29, 1.82) is 5.26 Å². The number of nitriles is 1. The number of amides is 1. The van der Waals surface area contributed by atoms with Crippen LogP contribution in [0.2, 0.25) is 0 Å². The molecule has 0 spiro atoms. The highest BCUT2D eigenvalue weighted by Gasteiger charge is 2.53. The molecule has 6 saturated carbocycles. The second-order valence-corrected chi connectivity index (χ2v) is 37.3. The van der Waals surface area contributed by atoms with E-state index in [1.165, 1.54) is 83.0 Å². The van der Waals surface area contributed by atoms with Gasteiger partial charge in [-0.1, -0.05) is 0 Å². The third-order valence-corrected chi connectivity index (χ3v) is 30.4. The summed E-state index contributed by atoms with van der Waals surface area (Å²) in [6, 6.07) is 16.4. The molecule has 14 saturated heterocycles. The number of anilines is 10. The molecule has 32 nitrogen and oxygen atoms in total. The maximum Gasteiger partial charge on any atom is 0.228 e. The molecule has 20 aliphatic rings. The highest BCUT2D eigenvalue weighted by Crippen LogP contribution is 2.53. The molecule has 584 valence electrons. The lowest BCUT2D eigenvalue weighted by Gasteiger charge is -2.44. The van der Waals surface area contributed by atoms with Crippen LogP contribution in [-0.2, 0) is 24.8 Å². The molecule has 8 aromatic heterocycles. The Morgan fingerprint density at radius 1 is 0.451 bits per heavy atom. The number of sulfone groups is 1. The van der Waals surface area contributed by atoms with Gasteiger partial charge in [-0.15, -0.1) is 0 Å². The van der Waals surface area contributed by atoms with Gasteiger partial charge in [0.1, 0.15) is 17.5 Å². The van der Waals surface area contributed by atoms with Crippen LogP contribution in [-0.4, -0.2) is 230 Å². The first kappa shape index (κ1) is 70.4. The van der Waals surface area contributed by atoms with E-state index >= 15 is 0 Å².